The predicted molar refractivity (Wildman–Crippen MR) is 44.2 cm³/mol. The van der Waals surface area contributed by atoms with Gasteiger partial charge in [-0.1, -0.05) is 0 Å². The monoisotopic (exact) mass is 180 g/mol. The third-order valence-corrected chi connectivity index (χ3v) is 1.34. The molecule has 4 heteroatoms. The van der Waals surface area contributed by atoms with Crippen molar-refractivity contribution in [2.24, 2.45) is 0 Å². The first-order chi connectivity index (χ1) is 6.24. The zero-order valence-corrected chi connectivity index (χ0v) is 7.02. The summed E-state index contributed by atoms with van der Waals surface area (Å²) in [5, 5.41) is 0. The van der Waals surface area contributed by atoms with E-state index in [4.69, 9.17) is 4.42 Å². The van der Waals surface area contributed by atoms with Crippen molar-refractivity contribution in [3.8, 4) is 0 Å². The number of allylic oxidation sites excluding steroid dienone is 1. The molecule has 0 aliphatic carbocycles. The number of carbonyl (C=O) groups is 2. The molecule has 68 valence electrons. The molecule has 1 aromatic rings. The van der Waals surface area contributed by atoms with Gasteiger partial charge in [-0.2, -0.15) is 0 Å². The van der Waals surface area contributed by atoms with Crippen molar-refractivity contribution >= 4 is 11.8 Å². The Hall–Kier alpha value is -1.84. The van der Waals surface area contributed by atoms with Crippen LogP contribution in [0, 0.1) is 0 Å². The van der Waals surface area contributed by atoms with Crippen molar-refractivity contribution in [3.63, 3.8) is 0 Å². The summed E-state index contributed by atoms with van der Waals surface area (Å²) in [6.07, 6.45) is 3.54. The van der Waals surface area contributed by atoms with E-state index in [1.807, 2.05) is 0 Å². The summed E-state index contributed by atoms with van der Waals surface area (Å²) in [7, 11) is 1.24. The molecule has 0 spiro atoms. The Morgan fingerprint density at radius 2 is 2.23 bits per heavy atom. The molecular formula is C9H8O4. The highest BCUT2D eigenvalue weighted by Gasteiger charge is 2.04. The molecule has 4 nitrogen and oxygen atoms in total. The van der Waals surface area contributed by atoms with Crippen LogP contribution in [0.1, 0.15) is 10.6 Å². The molecule has 0 saturated heterocycles. The van der Waals surface area contributed by atoms with Crippen LogP contribution in [0.15, 0.2) is 35.0 Å². The molecule has 0 N–H and O–H groups in total. The lowest BCUT2D eigenvalue weighted by Crippen LogP contribution is -1.97. The largest absolute Gasteiger partial charge is 0.466 e. The fourth-order valence-electron chi connectivity index (χ4n) is 0.713. The fourth-order valence-corrected chi connectivity index (χ4v) is 0.713. The van der Waals surface area contributed by atoms with Crippen LogP contribution in [0.4, 0.5) is 0 Å². The Bertz CT molecular complexity index is 321. The summed E-state index contributed by atoms with van der Waals surface area (Å²) in [6, 6.07) is 3.11. The smallest absolute Gasteiger partial charge is 0.330 e. The molecule has 1 rings (SSSR count). The first-order valence-electron chi connectivity index (χ1n) is 3.58. The Balaban J connectivity index is 2.61. The average molecular weight is 180 g/mol. The summed E-state index contributed by atoms with van der Waals surface area (Å²) in [6.45, 7) is 0. The van der Waals surface area contributed by atoms with Gasteiger partial charge in [-0.25, -0.2) is 4.79 Å². The lowest BCUT2D eigenvalue weighted by atomic mass is 10.3. The standard InChI is InChI=1S/C9H8O4/c1-12-9(11)5-4-7(10)8-3-2-6-13-8/h2-6H,1H3. The topological polar surface area (TPSA) is 56.5 Å². The zero-order valence-electron chi connectivity index (χ0n) is 7.02. The zero-order chi connectivity index (χ0) is 9.68. The molecule has 0 aromatic carbocycles. The lowest BCUT2D eigenvalue weighted by molar-refractivity contribution is -0.134. The van der Waals surface area contributed by atoms with E-state index in [1.165, 1.54) is 19.4 Å². The van der Waals surface area contributed by atoms with Crippen molar-refractivity contribution in [2.45, 2.75) is 0 Å². The van der Waals surface area contributed by atoms with E-state index in [0.29, 0.717) is 0 Å². The minimum absolute atomic E-state index is 0.195. The Kier molecular flexibility index (Phi) is 3.03. The second kappa shape index (κ2) is 4.25. The quantitative estimate of drug-likeness (QED) is 0.398. The van der Waals surface area contributed by atoms with Crippen LogP contribution < -0.4 is 0 Å². The van der Waals surface area contributed by atoms with Gasteiger partial charge >= 0.3 is 5.97 Å². The van der Waals surface area contributed by atoms with Crippen molar-refractivity contribution in [1.82, 2.24) is 0 Å². The minimum atomic E-state index is -0.570. The number of ketones is 1. The van der Waals surface area contributed by atoms with E-state index >= 15 is 0 Å². The number of ether oxygens (including phenoxy) is 1. The minimum Gasteiger partial charge on any atom is -0.466 e. The van der Waals surface area contributed by atoms with Crippen molar-refractivity contribution in [2.75, 3.05) is 7.11 Å². The molecule has 0 aliphatic rings. The second-order valence-electron chi connectivity index (χ2n) is 2.20. The lowest BCUT2D eigenvalue weighted by Gasteiger charge is -1.88. The molecule has 0 radical (unpaired) electrons. The van der Waals surface area contributed by atoms with Crippen molar-refractivity contribution in [1.29, 1.82) is 0 Å². The molecular weight excluding hydrogens is 172 g/mol. The fraction of sp³-hybridized carbons (Fsp3) is 0.111. The molecule has 0 atom stereocenters. The Morgan fingerprint density at radius 3 is 2.77 bits per heavy atom. The maximum Gasteiger partial charge on any atom is 0.330 e. The summed E-state index contributed by atoms with van der Waals surface area (Å²) in [4.78, 5) is 21.7. The maximum absolute atomic E-state index is 11.1. The van der Waals surface area contributed by atoms with Gasteiger partial charge in [0.05, 0.1) is 13.4 Å². The number of furan rings is 1. The molecule has 0 bridgehead atoms. The van der Waals surface area contributed by atoms with Gasteiger partial charge in [0.2, 0.25) is 5.78 Å². The molecule has 0 unspecified atom stereocenters. The molecule has 13 heavy (non-hydrogen) atoms. The molecule has 0 saturated carbocycles. The van der Waals surface area contributed by atoms with Gasteiger partial charge in [0.15, 0.2) is 5.76 Å². The second-order valence-corrected chi connectivity index (χ2v) is 2.20. The Labute approximate surface area is 74.8 Å². The molecule has 1 heterocycles. The first-order valence-corrected chi connectivity index (χ1v) is 3.58. The van der Waals surface area contributed by atoms with Crippen LogP contribution in [-0.4, -0.2) is 18.9 Å². The van der Waals surface area contributed by atoms with Crippen molar-refractivity contribution < 1.29 is 18.7 Å². The number of rotatable bonds is 3. The maximum atomic E-state index is 11.1. The average Bonchev–Trinajstić information content (AvgIpc) is 2.66. The Morgan fingerprint density at radius 1 is 1.46 bits per heavy atom. The van der Waals surface area contributed by atoms with E-state index in [9.17, 15) is 9.59 Å². The molecule has 1 aromatic heterocycles. The summed E-state index contributed by atoms with van der Waals surface area (Å²) in [5.41, 5.74) is 0. The van der Waals surface area contributed by atoms with Gasteiger partial charge < -0.3 is 9.15 Å². The molecule has 0 fully saturated rings. The number of esters is 1. The molecule has 0 aliphatic heterocycles. The van der Waals surface area contributed by atoms with E-state index in [0.717, 1.165) is 12.2 Å². The highest BCUT2D eigenvalue weighted by molar-refractivity contribution is 6.05. The van der Waals surface area contributed by atoms with Crippen LogP contribution in [-0.2, 0) is 9.53 Å². The highest BCUT2D eigenvalue weighted by atomic mass is 16.5. The van der Waals surface area contributed by atoms with Gasteiger partial charge in [-0.15, -0.1) is 0 Å². The van der Waals surface area contributed by atoms with Crippen LogP contribution >= 0.6 is 0 Å². The van der Waals surface area contributed by atoms with E-state index < -0.39 is 5.97 Å². The number of hydrogen-bond donors (Lipinski definition) is 0. The number of carbonyl (C=O) groups excluding carboxylic acids is 2. The SMILES string of the molecule is COC(=O)C=CC(=O)c1ccco1. The van der Waals surface area contributed by atoms with E-state index in [-0.39, 0.29) is 11.5 Å². The summed E-state index contributed by atoms with van der Waals surface area (Å²) < 4.78 is 9.12. The highest BCUT2D eigenvalue weighted by Crippen LogP contribution is 2.01. The predicted octanol–water partition coefficient (Wildman–Crippen LogP) is 1.19. The van der Waals surface area contributed by atoms with E-state index in [1.54, 1.807) is 6.07 Å². The molecule has 0 amide bonds. The number of hydrogen-bond acceptors (Lipinski definition) is 4. The van der Waals surface area contributed by atoms with Gasteiger partial charge in [0.1, 0.15) is 0 Å². The normalized spacial score (nSPS) is 10.2. The van der Waals surface area contributed by atoms with Crippen LogP contribution in [0.5, 0.6) is 0 Å². The van der Waals surface area contributed by atoms with Gasteiger partial charge in [-0.05, 0) is 18.2 Å². The van der Waals surface area contributed by atoms with Gasteiger partial charge in [0.25, 0.3) is 0 Å². The summed E-state index contributed by atoms with van der Waals surface area (Å²) in [5.74, 6) is -0.740. The third-order valence-electron chi connectivity index (χ3n) is 1.34. The van der Waals surface area contributed by atoms with Crippen LogP contribution in [0.3, 0.4) is 0 Å². The van der Waals surface area contributed by atoms with Crippen LogP contribution in [0.25, 0.3) is 0 Å². The van der Waals surface area contributed by atoms with Gasteiger partial charge in [-0.3, -0.25) is 4.79 Å². The van der Waals surface area contributed by atoms with Crippen molar-refractivity contribution in [3.05, 3.63) is 36.3 Å². The van der Waals surface area contributed by atoms with Gasteiger partial charge in [0, 0.05) is 6.08 Å². The third kappa shape index (κ3) is 2.59. The number of methoxy groups -OCH3 is 1. The first kappa shape index (κ1) is 9.25. The van der Waals surface area contributed by atoms with E-state index in [2.05, 4.69) is 4.74 Å². The summed E-state index contributed by atoms with van der Waals surface area (Å²) >= 11 is 0. The van der Waals surface area contributed by atoms with Crippen LogP contribution in [0.2, 0.25) is 0 Å².